The second kappa shape index (κ2) is 8.30. The fourth-order valence-electron chi connectivity index (χ4n) is 3.42. The van der Waals surface area contributed by atoms with Gasteiger partial charge < -0.3 is 0 Å². The topological polar surface area (TPSA) is 0 Å². The van der Waals surface area contributed by atoms with Crippen LogP contribution in [0.5, 0.6) is 0 Å². The minimum atomic E-state index is 0.728. The first-order chi connectivity index (χ1) is 11.7. The number of rotatable bonds is 7. The fourth-order valence-corrected chi connectivity index (χ4v) is 4.24. The van der Waals surface area contributed by atoms with Crippen LogP contribution in [-0.4, -0.2) is 0 Å². The molecule has 1 heterocycles. The Bertz CT molecular complexity index is 708. The summed E-state index contributed by atoms with van der Waals surface area (Å²) in [7, 11) is 0. The highest BCUT2D eigenvalue weighted by Gasteiger charge is 2.13. The number of thiophene rings is 1. The van der Waals surface area contributed by atoms with Gasteiger partial charge in [0.05, 0.1) is 0 Å². The largest absolute Gasteiger partial charge is 0.149 e. The van der Waals surface area contributed by atoms with E-state index in [1.54, 1.807) is 0 Å². The molecule has 2 aromatic carbocycles. The maximum Gasteiger partial charge on any atom is 0.00480 e. The summed E-state index contributed by atoms with van der Waals surface area (Å²) >= 11 is 1.89. The summed E-state index contributed by atoms with van der Waals surface area (Å²) < 4.78 is 0. The van der Waals surface area contributed by atoms with Gasteiger partial charge in [0.2, 0.25) is 0 Å². The molecule has 0 bridgehead atoms. The molecule has 3 rings (SSSR count). The van der Waals surface area contributed by atoms with Gasteiger partial charge in [0.15, 0.2) is 0 Å². The van der Waals surface area contributed by atoms with Crippen molar-refractivity contribution in [1.82, 2.24) is 0 Å². The lowest BCUT2D eigenvalue weighted by atomic mass is 9.87. The van der Waals surface area contributed by atoms with E-state index in [2.05, 4.69) is 86.0 Å². The zero-order valence-corrected chi connectivity index (χ0v) is 15.4. The summed E-state index contributed by atoms with van der Waals surface area (Å²) in [5.74, 6) is 1.48. The highest BCUT2D eigenvalue weighted by atomic mass is 32.1. The van der Waals surface area contributed by atoms with Crippen molar-refractivity contribution in [2.75, 3.05) is 0 Å². The minimum absolute atomic E-state index is 0.728. The summed E-state index contributed by atoms with van der Waals surface area (Å²) in [4.78, 5) is 1.52. The summed E-state index contributed by atoms with van der Waals surface area (Å²) in [6.45, 7) is 4.67. The molecule has 0 saturated heterocycles. The van der Waals surface area contributed by atoms with Gasteiger partial charge in [0, 0.05) is 4.88 Å². The molecule has 3 aromatic rings. The summed E-state index contributed by atoms with van der Waals surface area (Å²) in [5, 5.41) is 2.19. The molecule has 0 nitrogen and oxygen atoms in total. The lowest BCUT2D eigenvalue weighted by Crippen LogP contribution is -2.11. The molecule has 0 aliphatic heterocycles. The van der Waals surface area contributed by atoms with E-state index in [-0.39, 0.29) is 0 Å². The van der Waals surface area contributed by atoms with E-state index in [0.29, 0.717) is 0 Å². The van der Waals surface area contributed by atoms with Gasteiger partial charge in [-0.3, -0.25) is 0 Å². The van der Waals surface area contributed by atoms with Gasteiger partial charge in [0.1, 0.15) is 0 Å². The molecule has 1 atom stereocenters. The van der Waals surface area contributed by atoms with Crippen LogP contribution < -0.4 is 0 Å². The Morgan fingerprint density at radius 1 is 0.750 bits per heavy atom. The van der Waals surface area contributed by atoms with E-state index < -0.39 is 0 Å². The third kappa shape index (κ3) is 4.82. The van der Waals surface area contributed by atoms with Gasteiger partial charge in [-0.05, 0) is 59.2 Å². The Morgan fingerprint density at radius 2 is 1.46 bits per heavy atom. The van der Waals surface area contributed by atoms with E-state index in [9.17, 15) is 0 Å². The van der Waals surface area contributed by atoms with Gasteiger partial charge in [-0.1, -0.05) is 74.5 Å². The molecule has 0 N–H and O–H groups in total. The van der Waals surface area contributed by atoms with E-state index in [4.69, 9.17) is 0 Å². The monoisotopic (exact) mass is 334 g/mol. The average molecular weight is 335 g/mol. The molecule has 0 aliphatic carbocycles. The Balaban J connectivity index is 1.70. The van der Waals surface area contributed by atoms with E-state index in [1.165, 1.54) is 40.8 Å². The normalized spacial score (nSPS) is 12.5. The van der Waals surface area contributed by atoms with Gasteiger partial charge in [-0.15, -0.1) is 11.3 Å². The minimum Gasteiger partial charge on any atom is -0.149 e. The first kappa shape index (κ1) is 17.0. The van der Waals surface area contributed by atoms with Crippen molar-refractivity contribution < 1.29 is 0 Å². The van der Waals surface area contributed by atoms with Crippen molar-refractivity contribution in [3.8, 4) is 11.1 Å². The summed E-state index contributed by atoms with van der Waals surface area (Å²) in [6.07, 6.45) is 3.67. The first-order valence-electron chi connectivity index (χ1n) is 8.87. The van der Waals surface area contributed by atoms with Crippen LogP contribution in [0, 0.1) is 11.8 Å². The highest BCUT2D eigenvalue weighted by molar-refractivity contribution is 7.09. The molecule has 0 radical (unpaired) electrons. The van der Waals surface area contributed by atoms with E-state index in [1.807, 2.05) is 11.3 Å². The summed E-state index contributed by atoms with van der Waals surface area (Å²) in [6, 6.07) is 24.2. The molecule has 24 heavy (non-hydrogen) atoms. The maximum absolute atomic E-state index is 2.33. The maximum atomic E-state index is 2.33. The Morgan fingerprint density at radius 3 is 2.08 bits per heavy atom. The molecule has 0 amide bonds. The summed E-state index contributed by atoms with van der Waals surface area (Å²) in [5.41, 5.74) is 4.05. The number of benzene rings is 2. The lowest BCUT2D eigenvalue weighted by molar-refractivity contribution is 0.407. The van der Waals surface area contributed by atoms with Gasteiger partial charge in [-0.2, -0.15) is 0 Å². The Labute approximate surface area is 150 Å². The van der Waals surface area contributed by atoms with E-state index >= 15 is 0 Å². The molecule has 0 spiro atoms. The molecule has 0 aliphatic rings. The Hall–Kier alpha value is -1.86. The van der Waals surface area contributed by atoms with Crippen molar-refractivity contribution in [3.63, 3.8) is 0 Å². The van der Waals surface area contributed by atoms with E-state index in [0.717, 1.165) is 11.8 Å². The quantitative estimate of drug-likeness (QED) is 0.442. The third-order valence-electron chi connectivity index (χ3n) is 4.46. The number of hydrogen-bond donors (Lipinski definition) is 0. The average Bonchev–Trinajstić information content (AvgIpc) is 3.09. The van der Waals surface area contributed by atoms with Crippen molar-refractivity contribution in [3.05, 3.63) is 82.6 Å². The van der Waals surface area contributed by atoms with Crippen molar-refractivity contribution >= 4 is 11.3 Å². The molecule has 124 valence electrons. The first-order valence-corrected chi connectivity index (χ1v) is 9.75. The molecule has 1 aromatic heterocycles. The van der Waals surface area contributed by atoms with Crippen molar-refractivity contribution in [2.45, 2.75) is 33.1 Å². The third-order valence-corrected chi connectivity index (χ3v) is 5.36. The van der Waals surface area contributed by atoms with Crippen LogP contribution in [0.25, 0.3) is 11.1 Å². The van der Waals surface area contributed by atoms with Crippen LogP contribution in [0.3, 0.4) is 0 Å². The predicted molar refractivity (Wildman–Crippen MR) is 107 cm³/mol. The van der Waals surface area contributed by atoms with Gasteiger partial charge >= 0.3 is 0 Å². The van der Waals surface area contributed by atoms with Crippen LogP contribution in [-0.2, 0) is 12.8 Å². The molecular weight excluding hydrogens is 308 g/mol. The van der Waals surface area contributed by atoms with Crippen molar-refractivity contribution in [1.29, 1.82) is 0 Å². The highest BCUT2D eigenvalue weighted by Crippen LogP contribution is 2.25. The molecule has 1 heteroatoms. The number of hydrogen-bond acceptors (Lipinski definition) is 1. The van der Waals surface area contributed by atoms with Crippen LogP contribution in [0.1, 0.15) is 30.7 Å². The molecular formula is C23H26S. The smallest absolute Gasteiger partial charge is 0.00480 e. The molecule has 0 fully saturated rings. The lowest BCUT2D eigenvalue weighted by Gasteiger charge is -2.19. The second-order valence-corrected chi connectivity index (χ2v) is 8.08. The van der Waals surface area contributed by atoms with Crippen LogP contribution in [0.2, 0.25) is 0 Å². The SMILES string of the molecule is CC(C)CC(Cc1ccc(-c2ccccc2)cc1)Cc1cccs1. The zero-order valence-electron chi connectivity index (χ0n) is 14.6. The second-order valence-electron chi connectivity index (χ2n) is 7.05. The molecule has 0 saturated carbocycles. The van der Waals surface area contributed by atoms with Crippen LogP contribution in [0.15, 0.2) is 72.1 Å². The molecule has 1 unspecified atom stereocenters. The fraction of sp³-hybridized carbons (Fsp3) is 0.304. The van der Waals surface area contributed by atoms with Crippen molar-refractivity contribution in [2.24, 2.45) is 11.8 Å². The van der Waals surface area contributed by atoms with Crippen LogP contribution >= 0.6 is 11.3 Å². The van der Waals surface area contributed by atoms with Gasteiger partial charge in [0.25, 0.3) is 0 Å². The standard InChI is InChI=1S/C23H26S/c1-18(2)15-20(17-23-9-6-14-24-23)16-19-10-12-22(13-11-19)21-7-4-3-5-8-21/h3-14,18,20H,15-17H2,1-2H3. The zero-order chi connectivity index (χ0) is 16.8. The predicted octanol–water partition coefficient (Wildman–Crippen LogP) is 6.86. The van der Waals surface area contributed by atoms with Gasteiger partial charge in [-0.25, -0.2) is 0 Å². The Kier molecular flexibility index (Phi) is 5.87. The van der Waals surface area contributed by atoms with Crippen LogP contribution in [0.4, 0.5) is 0 Å².